The molecule has 2 aliphatic rings. The van der Waals surface area contributed by atoms with Crippen LogP contribution in [0, 0.1) is 0 Å². The van der Waals surface area contributed by atoms with Gasteiger partial charge >= 0.3 is 0 Å². The minimum atomic E-state index is 1.04. The first-order chi connectivity index (χ1) is 9.75. The summed E-state index contributed by atoms with van der Waals surface area (Å²) in [6.07, 6.45) is 2.32. The van der Waals surface area contributed by atoms with Crippen molar-refractivity contribution < 1.29 is 0 Å². The SMILES string of the molecule is Brc1cc2nc(N3CCNCC3)n3c2c(c1Br)CCC3. The van der Waals surface area contributed by atoms with Crippen LogP contribution in [0.3, 0.4) is 0 Å². The van der Waals surface area contributed by atoms with Crippen molar-refractivity contribution in [1.82, 2.24) is 14.9 Å². The molecule has 6 heteroatoms. The van der Waals surface area contributed by atoms with Gasteiger partial charge in [-0.05, 0) is 56.3 Å². The third kappa shape index (κ3) is 1.92. The quantitative estimate of drug-likeness (QED) is 0.800. The van der Waals surface area contributed by atoms with Crippen LogP contribution in [0.1, 0.15) is 12.0 Å². The molecular weight excluding hydrogens is 384 g/mol. The monoisotopic (exact) mass is 398 g/mol. The van der Waals surface area contributed by atoms with E-state index in [1.165, 1.54) is 22.0 Å². The summed E-state index contributed by atoms with van der Waals surface area (Å²) >= 11 is 7.37. The fourth-order valence-corrected chi connectivity index (χ4v) is 4.23. The first-order valence-corrected chi connectivity index (χ1v) is 8.67. The van der Waals surface area contributed by atoms with E-state index in [0.717, 1.165) is 55.1 Å². The van der Waals surface area contributed by atoms with Crippen molar-refractivity contribution in [1.29, 1.82) is 0 Å². The topological polar surface area (TPSA) is 33.1 Å². The smallest absolute Gasteiger partial charge is 0.206 e. The zero-order valence-corrected chi connectivity index (χ0v) is 14.3. The lowest BCUT2D eigenvalue weighted by atomic mass is 10.0. The number of rotatable bonds is 1. The Morgan fingerprint density at radius 1 is 1.15 bits per heavy atom. The Bertz CT molecular complexity index is 674. The van der Waals surface area contributed by atoms with Crippen LogP contribution >= 0.6 is 31.9 Å². The average molecular weight is 400 g/mol. The van der Waals surface area contributed by atoms with Gasteiger partial charge in [0, 0.05) is 41.7 Å². The van der Waals surface area contributed by atoms with Gasteiger partial charge in [0.1, 0.15) is 0 Å². The summed E-state index contributed by atoms with van der Waals surface area (Å²) in [5.41, 5.74) is 3.83. The molecule has 0 bridgehead atoms. The zero-order chi connectivity index (χ0) is 13.7. The first-order valence-electron chi connectivity index (χ1n) is 7.08. The molecule has 0 radical (unpaired) electrons. The number of nitrogens with one attached hydrogen (secondary N) is 1. The molecule has 4 nitrogen and oxygen atoms in total. The van der Waals surface area contributed by atoms with E-state index in [1.807, 2.05) is 0 Å². The number of hydrogen-bond acceptors (Lipinski definition) is 3. The molecule has 0 unspecified atom stereocenters. The maximum absolute atomic E-state index is 4.92. The highest BCUT2D eigenvalue weighted by Crippen LogP contribution is 2.38. The molecule has 4 rings (SSSR count). The number of halogens is 2. The predicted octanol–water partition coefficient (Wildman–Crippen LogP) is 2.92. The highest BCUT2D eigenvalue weighted by Gasteiger charge is 2.25. The first kappa shape index (κ1) is 13.1. The molecule has 1 saturated heterocycles. The van der Waals surface area contributed by atoms with Gasteiger partial charge in [0.15, 0.2) is 0 Å². The van der Waals surface area contributed by atoms with E-state index in [0.29, 0.717) is 0 Å². The number of benzene rings is 1. The molecule has 0 spiro atoms. The van der Waals surface area contributed by atoms with E-state index in [1.54, 1.807) is 0 Å². The molecule has 20 heavy (non-hydrogen) atoms. The van der Waals surface area contributed by atoms with Crippen molar-refractivity contribution in [3.8, 4) is 0 Å². The third-order valence-corrected chi connectivity index (χ3v) is 6.27. The number of anilines is 1. The Morgan fingerprint density at radius 3 is 2.75 bits per heavy atom. The van der Waals surface area contributed by atoms with Crippen molar-refractivity contribution in [2.75, 3.05) is 31.1 Å². The zero-order valence-electron chi connectivity index (χ0n) is 11.1. The second kappa shape index (κ2) is 5.00. The van der Waals surface area contributed by atoms with Crippen molar-refractivity contribution in [2.45, 2.75) is 19.4 Å². The Morgan fingerprint density at radius 2 is 1.95 bits per heavy atom. The molecule has 0 atom stereocenters. The van der Waals surface area contributed by atoms with Gasteiger partial charge < -0.3 is 14.8 Å². The summed E-state index contributed by atoms with van der Waals surface area (Å²) < 4.78 is 4.72. The van der Waals surface area contributed by atoms with Crippen LogP contribution in [0.5, 0.6) is 0 Å². The standard InChI is InChI=1S/C14H16Br2N4/c15-10-8-11-13-9(12(10)16)2-1-5-20(13)14(18-11)19-6-3-17-4-7-19/h8,17H,1-7H2. The average Bonchev–Trinajstić information content (AvgIpc) is 2.85. The van der Waals surface area contributed by atoms with Crippen LogP contribution in [0.4, 0.5) is 5.95 Å². The maximum atomic E-state index is 4.92. The second-order valence-corrected chi connectivity index (χ2v) is 7.07. The minimum absolute atomic E-state index is 1.04. The lowest BCUT2D eigenvalue weighted by Crippen LogP contribution is -2.44. The van der Waals surface area contributed by atoms with Gasteiger partial charge in [0.2, 0.25) is 5.95 Å². The van der Waals surface area contributed by atoms with E-state index in [9.17, 15) is 0 Å². The van der Waals surface area contributed by atoms with Gasteiger partial charge in [0.05, 0.1) is 11.0 Å². The molecule has 106 valence electrons. The number of aryl methyl sites for hydroxylation is 2. The van der Waals surface area contributed by atoms with Crippen LogP contribution in [-0.2, 0) is 13.0 Å². The number of hydrogen-bond donors (Lipinski definition) is 1. The minimum Gasteiger partial charge on any atom is -0.340 e. The van der Waals surface area contributed by atoms with Gasteiger partial charge in [-0.15, -0.1) is 0 Å². The molecule has 3 heterocycles. The summed E-state index contributed by atoms with van der Waals surface area (Å²) in [7, 11) is 0. The predicted molar refractivity (Wildman–Crippen MR) is 88.5 cm³/mol. The van der Waals surface area contributed by atoms with E-state index >= 15 is 0 Å². The fourth-order valence-electron chi connectivity index (χ4n) is 3.27. The van der Waals surface area contributed by atoms with E-state index in [2.05, 4.69) is 52.7 Å². The molecule has 0 saturated carbocycles. The van der Waals surface area contributed by atoms with E-state index in [4.69, 9.17) is 4.98 Å². The van der Waals surface area contributed by atoms with Crippen LogP contribution in [0.2, 0.25) is 0 Å². The highest BCUT2D eigenvalue weighted by molar-refractivity contribution is 9.13. The third-order valence-electron chi connectivity index (χ3n) is 4.21. The van der Waals surface area contributed by atoms with Crippen LogP contribution in [-0.4, -0.2) is 35.7 Å². The molecule has 1 aromatic heterocycles. The summed E-state index contributed by atoms with van der Waals surface area (Å²) in [5.74, 6) is 1.15. The molecule has 1 aromatic carbocycles. The normalized spacial score (nSPS) is 18.8. The van der Waals surface area contributed by atoms with Gasteiger partial charge in [-0.2, -0.15) is 0 Å². The number of nitrogens with zero attached hydrogens (tertiary/aromatic N) is 3. The Kier molecular flexibility index (Phi) is 3.27. The summed E-state index contributed by atoms with van der Waals surface area (Å²) in [6.45, 7) is 5.26. The van der Waals surface area contributed by atoms with Crippen molar-refractivity contribution in [3.63, 3.8) is 0 Å². The summed E-state index contributed by atoms with van der Waals surface area (Å²) in [6, 6.07) is 2.14. The Hall–Kier alpha value is -0.590. The van der Waals surface area contributed by atoms with Gasteiger partial charge in [-0.25, -0.2) is 4.98 Å². The number of aromatic nitrogens is 2. The van der Waals surface area contributed by atoms with Gasteiger partial charge in [-0.1, -0.05) is 0 Å². The van der Waals surface area contributed by atoms with Crippen molar-refractivity contribution in [2.24, 2.45) is 0 Å². The Labute approximate surface area is 134 Å². The fraction of sp³-hybridized carbons (Fsp3) is 0.500. The molecule has 1 N–H and O–H groups in total. The number of piperazine rings is 1. The number of imidazole rings is 1. The largest absolute Gasteiger partial charge is 0.340 e. The maximum Gasteiger partial charge on any atom is 0.206 e. The second-order valence-electron chi connectivity index (χ2n) is 5.42. The summed E-state index contributed by atoms with van der Waals surface area (Å²) in [5, 5.41) is 3.41. The van der Waals surface area contributed by atoms with E-state index < -0.39 is 0 Å². The molecule has 0 amide bonds. The van der Waals surface area contributed by atoms with Gasteiger partial charge in [-0.3, -0.25) is 0 Å². The molecular formula is C14H16Br2N4. The van der Waals surface area contributed by atoms with Crippen molar-refractivity contribution >= 4 is 48.8 Å². The Balaban J connectivity index is 1.93. The lowest BCUT2D eigenvalue weighted by Gasteiger charge is -2.29. The van der Waals surface area contributed by atoms with Crippen LogP contribution < -0.4 is 10.2 Å². The molecule has 2 aromatic rings. The summed E-state index contributed by atoms with van der Waals surface area (Å²) in [4.78, 5) is 7.33. The van der Waals surface area contributed by atoms with Gasteiger partial charge in [0.25, 0.3) is 0 Å². The lowest BCUT2D eigenvalue weighted by molar-refractivity contribution is 0.556. The van der Waals surface area contributed by atoms with Crippen LogP contribution in [0.15, 0.2) is 15.0 Å². The van der Waals surface area contributed by atoms with Crippen LogP contribution in [0.25, 0.3) is 11.0 Å². The molecule has 0 aliphatic carbocycles. The highest BCUT2D eigenvalue weighted by atomic mass is 79.9. The van der Waals surface area contributed by atoms with Crippen molar-refractivity contribution in [3.05, 3.63) is 20.6 Å². The molecule has 2 aliphatic heterocycles. The van der Waals surface area contributed by atoms with E-state index in [-0.39, 0.29) is 0 Å². The molecule has 1 fully saturated rings.